The lowest BCUT2D eigenvalue weighted by molar-refractivity contribution is 0.625. The molecule has 1 fully saturated rings. The maximum absolute atomic E-state index is 13.2. The van der Waals surface area contributed by atoms with Crippen molar-refractivity contribution in [3.05, 3.63) is 46.4 Å². The normalized spacial score (nSPS) is 14.4. The first-order valence-electron chi connectivity index (χ1n) is 7.35. The van der Waals surface area contributed by atoms with Gasteiger partial charge in [-0.3, -0.25) is 0 Å². The highest BCUT2D eigenvalue weighted by molar-refractivity contribution is 9.10. The second kappa shape index (κ2) is 6.60. The van der Waals surface area contributed by atoms with E-state index in [4.69, 9.17) is 0 Å². The van der Waals surface area contributed by atoms with Crippen LogP contribution in [-0.2, 0) is 6.54 Å². The van der Waals surface area contributed by atoms with Gasteiger partial charge in [0.05, 0.1) is 0 Å². The number of hydrogen-bond acceptors (Lipinski definition) is 4. The fraction of sp³-hybridized carbons (Fsp3) is 0.375. The minimum Gasteiger partial charge on any atom is -0.356 e. The maximum atomic E-state index is 13.2. The molecule has 0 atom stereocenters. The molecule has 3 rings (SSSR count). The molecule has 1 aliphatic rings. The van der Waals surface area contributed by atoms with Crippen LogP contribution >= 0.6 is 15.9 Å². The number of nitrogens with zero attached hydrogens (tertiary/aromatic N) is 4. The summed E-state index contributed by atoms with van der Waals surface area (Å²) in [6.07, 6.45) is 4.05. The van der Waals surface area contributed by atoms with Gasteiger partial charge >= 0.3 is 0 Å². The molecule has 2 aromatic rings. The fourth-order valence-electron chi connectivity index (χ4n) is 2.65. The molecule has 4 nitrogen and oxygen atoms in total. The van der Waals surface area contributed by atoms with E-state index in [1.54, 1.807) is 12.4 Å². The van der Waals surface area contributed by atoms with Gasteiger partial charge in [-0.2, -0.15) is 0 Å². The molecule has 0 radical (unpaired) electrons. The molecule has 0 spiro atoms. The zero-order valence-electron chi connectivity index (χ0n) is 12.5. The smallest absolute Gasteiger partial charge is 0.134 e. The molecule has 0 saturated carbocycles. The van der Waals surface area contributed by atoms with Crippen molar-refractivity contribution in [2.75, 3.05) is 29.9 Å². The van der Waals surface area contributed by atoms with Gasteiger partial charge in [0.1, 0.15) is 23.8 Å². The predicted molar refractivity (Wildman–Crippen MR) is 89.7 cm³/mol. The molecule has 6 heteroatoms. The number of rotatable bonds is 4. The van der Waals surface area contributed by atoms with Gasteiger partial charge in [0.2, 0.25) is 0 Å². The van der Waals surface area contributed by atoms with E-state index in [2.05, 4.69) is 30.8 Å². The molecule has 2 heterocycles. The summed E-state index contributed by atoms with van der Waals surface area (Å²) in [6.45, 7) is 2.77. The fourth-order valence-corrected chi connectivity index (χ4v) is 3.13. The zero-order valence-corrected chi connectivity index (χ0v) is 14.1. The largest absolute Gasteiger partial charge is 0.356 e. The van der Waals surface area contributed by atoms with Crippen LogP contribution in [0.3, 0.4) is 0 Å². The van der Waals surface area contributed by atoms with E-state index >= 15 is 0 Å². The van der Waals surface area contributed by atoms with Crippen LogP contribution in [0.2, 0.25) is 0 Å². The average Bonchev–Trinajstić information content (AvgIpc) is 3.04. The van der Waals surface area contributed by atoms with Gasteiger partial charge in [-0.1, -0.05) is 22.0 Å². The highest BCUT2D eigenvalue weighted by Crippen LogP contribution is 2.24. The first-order valence-corrected chi connectivity index (χ1v) is 8.15. The van der Waals surface area contributed by atoms with E-state index < -0.39 is 0 Å². The zero-order chi connectivity index (χ0) is 15.5. The van der Waals surface area contributed by atoms with Gasteiger partial charge in [-0.25, -0.2) is 14.4 Å². The lowest BCUT2D eigenvalue weighted by Crippen LogP contribution is -2.22. The highest BCUT2D eigenvalue weighted by Gasteiger charge is 2.15. The lowest BCUT2D eigenvalue weighted by atomic mass is 10.2. The van der Waals surface area contributed by atoms with Gasteiger partial charge in [0, 0.05) is 37.2 Å². The third-order valence-electron chi connectivity index (χ3n) is 3.88. The van der Waals surface area contributed by atoms with E-state index in [0.717, 1.165) is 34.8 Å². The molecule has 0 unspecified atom stereocenters. The highest BCUT2D eigenvalue weighted by atomic mass is 79.9. The Bertz CT molecular complexity index is 658. The van der Waals surface area contributed by atoms with E-state index in [-0.39, 0.29) is 5.82 Å². The van der Waals surface area contributed by atoms with Crippen molar-refractivity contribution in [3.8, 4) is 0 Å². The molecule has 1 aromatic heterocycles. The summed E-state index contributed by atoms with van der Waals surface area (Å²) < 4.78 is 13.9. The van der Waals surface area contributed by atoms with Crippen molar-refractivity contribution in [2.24, 2.45) is 0 Å². The Morgan fingerprint density at radius 1 is 1.23 bits per heavy atom. The molecule has 22 heavy (non-hydrogen) atoms. The van der Waals surface area contributed by atoms with Crippen molar-refractivity contribution in [3.63, 3.8) is 0 Å². The molecule has 1 aromatic carbocycles. The standard InChI is InChI=1S/C16H18BrFN4/c1-21(10-12-4-5-13(18)8-14(12)17)15-9-16(20-11-19-15)22-6-2-3-7-22/h4-5,8-9,11H,2-3,6-7,10H2,1H3. The van der Waals surface area contributed by atoms with Crippen molar-refractivity contribution in [1.29, 1.82) is 0 Å². The molecular weight excluding hydrogens is 347 g/mol. The molecule has 0 bridgehead atoms. The summed E-state index contributed by atoms with van der Waals surface area (Å²) in [7, 11) is 1.98. The lowest BCUT2D eigenvalue weighted by Gasteiger charge is -2.22. The van der Waals surface area contributed by atoms with Crippen molar-refractivity contribution in [2.45, 2.75) is 19.4 Å². The number of hydrogen-bond donors (Lipinski definition) is 0. The van der Waals surface area contributed by atoms with E-state index in [1.807, 2.05) is 18.0 Å². The minimum absolute atomic E-state index is 0.239. The van der Waals surface area contributed by atoms with Crippen LogP contribution in [0.1, 0.15) is 18.4 Å². The number of anilines is 2. The number of aromatic nitrogens is 2. The van der Waals surface area contributed by atoms with E-state index in [1.165, 1.54) is 25.0 Å². The third kappa shape index (κ3) is 3.38. The van der Waals surface area contributed by atoms with Gasteiger partial charge in [0.15, 0.2) is 0 Å². The Morgan fingerprint density at radius 2 is 2.00 bits per heavy atom. The Labute approximate surface area is 138 Å². The van der Waals surface area contributed by atoms with Crippen molar-refractivity contribution in [1.82, 2.24) is 9.97 Å². The van der Waals surface area contributed by atoms with Crippen molar-refractivity contribution >= 4 is 27.6 Å². The van der Waals surface area contributed by atoms with E-state index in [9.17, 15) is 4.39 Å². The Balaban J connectivity index is 1.76. The number of halogens is 2. The second-order valence-electron chi connectivity index (χ2n) is 5.52. The Morgan fingerprint density at radius 3 is 2.73 bits per heavy atom. The predicted octanol–water partition coefficient (Wildman–Crippen LogP) is 3.61. The summed E-state index contributed by atoms with van der Waals surface area (Å²) in [5.74, 6) is 1.61. The molecule has 1 aliphatic heterocycles. The maximum Gasteiger partial charge on any atom is 0.134 e. The summed E-state index contributed by atoms with van der Waals surface area (Å²) in [5, 5.41) is 0. The summed E-state index contributed by atoms with van der Waals surface area (Å²) in [5.41, 5.74) is 1.02. The summed E-state index contributed by atoms with van der Waals surface area (Å²) >= 11 is 3.41. The van der Waals surface area contributed by atoms with Gasteiger partial charge in [-0.15, -0.1) is 0 Å². The number of benzene rings is 1. The molecule has 0 amide bonds. The van der Waals surface area contributed by atoms with Crippen LogP contribution in [0.4, 0.5) is 16.0 Å². The second-order valence-corrected chi connectivity index (χ2v) is 6.37. The summed E-state index contributed by atoms with van der Waals surface area (Å²) in [4.78, 5) is 13.0. The quantitative estimate of drug-likeness (QED) is 0.829. The van der Waals surface area contributed by atoms with Crippen LogP contribution < -0.4 is 9.80 Å². The van der Waals surface area contributed by atoms with Crippen LogP contribution in [0.5, 0.6) is 0 Å². The van der Waals surface area contributed by atoms with E-state index in [0.29, 0.717) is 6.54 Å². The Hall–Kier alpha value is -1.69. The molecule has 0 N–H and O–H groups in total. The summed E-state index contributed by atoms with van der Waals surface area (Å²) in [6, 6.07) is 6.77. The molecule has 0 aliphatic carbocycles. The Kier molecular flexibility index (Phi) is 4.57. The third-order valence-corrected chi connectivity index (χ3v) is 4.62. The SMILES string of the molecule is CN(Cc1ccc(F)cc1Br)c1cc(N2CCCC2)ncn1. The van der Waals surface area contributed by atoms with Crippen LogP contribution in [-0.4, -0.2) is 30.1 Å². The van der Waals surface area contributed by atoms with Crippen LogP contribution in [0, 0.1) is 5.82 Å². The van der Waals surface area contributed by atoms with Crippen LogP contribution in [0.15, 0.2) is 35.1 Å². The first-order chi connectivity index (χ1) is 10.6. The molecular formula is C16H18BrFN4. The van der Waals surface area contributed by atoms with Gasteiger partial charge in [-0.05, 0) is 30.5 Å². The van der Waals surface area contributed by atoms with Gasteiger partial charge < -0.3 is 9.80 Å². The van der Waals surface area contributed by atoms with Crippen LogP contribution in [0.25, 0.3) is 0 Å². The van der Waals surface area contributed by atoms with Crippen molar-refractivity contribution < 1.29 is 4.39 Å². The van der Waals surface area contributed by atoms with Gasteiger partial charge in [0.25, 0.3) is 0 Å². The monoisotopic (exact) mass is 364 g/mol. The minimum atomic E-state index is -0.239. The topological polar surface area (TPSA) is 32.3 Å². The molecule has 1 saturated heterocycles. The average molecular weight is 365 g/mol. The molecule has 116 valence electrons. The first kappa shape index (κ1) is 15.2.